The van der Waals surface area contributed by atoms with Crippen LogP contribution in [-0.4, -0.2) is 12.6 Å². The summed E-state index contributed by atoms with van der Waals surface area (Å²) in [6.45, 7) is 0.770. The van der Waals surface area contributed by atoms with Crippen LogP contribution in [0.5, 0.6) is 0 Å². The maximum atomic E-state index is 6.14. The van der Waals surface area contributed by atoms with Gasteiger partial charge in [0.2, 0.25) is 0 Å². The van der Waals surface area contributed by atoms with Gasteiger partial charge < -0.3 is 4.74 Å². The molecule has 1 aromatic carbocycles. The van der Waals surface area contributed by atoms with Gasteiger partial charge in [0.1, 0.15) is 5.76 Å². The Hall–Kier alpha value is -1.03. The van der Waals surface area contributed by atoms with Crippen LogP contribution in [0.25, 0.3) is 0 Å². The predicted octanol–water partition coefficient (Wildman–Crippen LogP) is 2.41. The molecule has 1 unspecified atom stereocenters. The highest BCUT2D eigenvalue weighted by molar-refractivity contribution is 6.31. The molecule has 3 nitrogen and oxygen atoms in total. The molecule has 17 heavy (non-hydrogen) atoms. The fourth-order valence-corrected chi connectivity index (χ4v) is 2.16. The van der Waals surface area contributed by atoms with Crippen molar-refractivity contribution >= 4 is 11.6 Å². The lowest BCUT2D eigenvalue weighted by Gasteiger charge is -2.23. The molecular formula is C13H17ClN2O. The third kappa shape index (κ3) is 3.22. The molecule has 0 radical (unpaired) electrons. The van der Waals surface area contributed by atoms with Crippen molar-refractivity contribution in [1.82, 2.24) is 5.43 Å². The number of allylic oxidation sites excluding steroid dienone is 1. The summed E-state index contributed by atoms with van der Waals surface area (Å²) in [4.78, 5) is 0. The Kier molecular flexibility index (Phi) is 4.42. The van der Waals surface area contributed by atoms with Gasteiger partial charge in [0, 0.05) is 5.02 Å². The van der Waals surface area contributed by atoms with Crippen LogP contribution in [-0.2, 0) is 11.2 Å². The number of hydrazine groups is 1. The summed E-state index contributed by atoms with van der Waals surface area (Å²) in [6, 6.07) is 7.80. The molecule has 1 aromatic rings. The highest BCUT2D eigenvalue weighted by Crippen LogP contribution is 2.21. The molecule has 0 saturated heterocycles. The standard InChI is InChI=1S/C13H17ClN2O/c14-11-6-2-1-5-10(11)9-12(16-15)13-7-3-4-8-17-13/h1-2,5-7,12,16H,3-4,8-9,15H2. The zero-order chi connectivity index (χ0) is 12.1. The average molecular weight is 253 g/mol. The van der Waals surface area contributed by atoms with E-state index in [1.54, 1.807) is 0 Å². The van der Waals surface area contributed by atoms with Crippen molar-refractivity contribution in [1.29, 1.82) is 0 Å². The van der Waals surface area contributed by atoms with E-state index in [2.05, 4.69) is 11.5 Å². The molecule has 92 valence electrons. The summed E-state index contributed by atoms with van der Waals surface area (Å²) in [5.74, 6) is 6.52. The minimum absolute atomic E-state index is 0.00444. The molecule has 3 N–H and O–H groups in total. The second kappa shape index (κ2) is 6.05. The fraction of sp³-hybridized carbons (Fsp3) is 0.385. The quantitative estimate of drug-likeness (QED) is 0.639. The van der Waals surface area contributed by atoms with Crippen LogP contribution < -0.4 is 11.3 Å². The Morgan fingerprint density at radius 1 is 1.41 bits per heavy atom. The van der Waals surface area contributed by atoms with Gasteiger partial charge in [0.05, 0.1) is 12.6 Å². The Morgan fingerprint density at radius 2 is 2.24 bits per heavy atom. The molecule has 0 fully saturated rings. The Bertz CT molecular complexity index is 406. The number of hydrogen-bond donors (Lipinski definition) is 2. The van der Waals surface area contributed by atoms with Crippen molar-refractivity contribution in [3.8, 4) is 0 Å². The van der Waals surface area contributed by atoms with Crippen LogP contribution >= 0.6 is 11.6 Å². The Labute approximate surface area is 107 Å². The second-order valence-corrected chi connectivity index (χ2v) is 4.52. The lowest BCUT2D eigenvalue weighted by atomic mass is 10.0. The van der Waals surface area contributed by atoms with Crippen LogP contribution in [0.1, 0.15) is 18.4 Å². The van der Waals surface area contributed by atoms with Crippen molar-refractivity contribution in [2.75, 3.05) is 6.61 Å². The van der Waals surface area contributed by atoms with E-state index in [1.807, 2.05) is 24.3 Å². The predicted molar refractivity (Wildman–Crippen MR) is 69.5 cm³/mol. The Morgan fingerprint density at radius 3 is 2.88 bits per heavy atom. The van der Waals surface area contributed by atoms with Gasteiger partial charge in [-0.25, -0.2) is 5.43 Å². The molecule has 0 spiro atoms. The van der Waals surface area contributed by atoms with Crippen molar-refractivity contribution < 1.29 is 4.74 Å². The van der Waals surface area contributed by atoms with Crippen molar-refractivity contribution in [2.24, 2.45) is 5.84 Å². The maximum Gasteiger partial charge on any atom is 0.111 e. The van der Waals surface area contributed by atoms with E-state index >= 15 is 0 Å². The van der Waals surface area contributed by atoms with E-state index in [0.29, 0.717) is 0 Å². The molecule has 2 rings (SSSR count). The van der Waals surface area contributed by atoms with Gasteiger partial charge >= 0.3 is 0 Å². The number of nitrogens with two attached hydrogens (primary N) is 1. The molecule has 0 bridgehead atoms. The number of benzene rings is 1. The first-order valence-electron chi connectivity index (χ1n) is 5.83. The van der Waals surface area contributed by atoms with E-state index < -0.39 is 0 Å². The van der Waals surface area contributed by atoms with Crippen LogP contribution in [0.3, 0.4) is 0 Å². The topological polar surface area (TPSA) is 47.3 Å². The zero-order valence-electron chi connectivity index (χ0n) is 9.66. The average Bonchev–Trinajstić information content (AvgIpc) is 2.39. The van der Waals surface area contributed by atoms with E-state index in [4.69, 9.17) is 22.2 Å². The molecule has 0 amide bonds. The van der Waals surface area contributed by atoms with Gasteiger partial charge in [-0.1, -0.05) is 29.8 Å². The largest absolute Gasteiger partial charge is 0.497 e. The summed E-state index contributed by atoms with van der Waals surface area (Å²) in [7, 11) is 0. The number of rotatable bonds is 4. The second-order valence-electron chi connectivity index (χ2n) is 4.11. The van der Waals surface area contributed by atoms with Crippen LogP contribution in [0.15, 0.2) is 36.1 Å². The first-order chi connectivity index (χ1) is 8.31. The molecule has 1 aliphatic rings. The molecule has 1 atom stereocenters. The monoisotopic (exact) mass is 252 g/mol. The van der Waals surface area contributed by atoms with Gasteiger partial charge in [-0.05, 0) is 37.0 Å². The fourth-order valence-electron chi connectivity index (χ4n) is 1.94. The summed E-state index contributed by atoms with van der Waals surface area (Å²) in [5.41, 5.74) is 3.87. The first kappa shape index (κ1) is 12.4. The van der Waals surface area contributed by atoms with Gasteiger partial charge in [0.25, 0.3) is 0 Å². The highest BCUT2D eigenvalue weighted by atomic mass is 35.5. The van der Waals surface area contributed by atoms with E-state index in [9.17, 15) is 0 Å². The lowest BCUT2D eigenvalue weighted by Crippen LogP contribution is -2.39. The highest BCUT2D eigenvalue weighted by Gasteiger charge is 2.17. The number of ether oxygens (including phenoxy) is 1. The summed E-state index contributed by atoms with van der Waals surface area (Å²) in [5, 5.41) is 0.768. The summed E-state index contributed by atoms with van der Waals surface area (Å²) < 4.78 is 5.62. The maximum absolute atomic E-state index is 6.14. The third-order valence-electron chi connectivity index (χ3n) is 2.89. The van der Waals surface area contributed by atoms with Crippen molar-refractivity contribution in [3.05, 3.63) is 46.7 Å². The van der Waals surface area contributed by atoms with Gasteiger partial charge in [-0.3, -0.25) is 5.84 Å². The minimum Gasteiger partial charge on any atom is -0.497 e. The van der Waals surface area contributed by atoms with Crippen molar-refractivity contribution in [3.63, 3.8) is 0 Å². The Balaban J connectivity index is 2.09. The molecule has 0 aliphatic carbocycles. The molecule has 1 aliphatic heterocycles. The van der Waals surface area contributed by atoms with Crippen LogP contribution in [0.4, 0.5) is 0 Å². The lowest BCUT2D eigenvalue weighted by molar-refractivity contribution is 0.167. The number of nitrogens with one attached hydrogen (secondary N) is 1. The molecular weight excluding hydrogens is 236 g/mol. The van der Waals surface area contributed by atoms with Gasteiger partial charge in [-0.2, -0.15) is 0 Å². The van der Waals surface area contributed by atoms with Crippen LogP contribution in [0, 0.1) is 0 Å². The number of hydrogen-bond acceptors (Lipinski definition) is 3. The molecule has 0 saturated carbocycles. The summed E-state index contributed by atoms with van der Waals surface area (Å²) in [6.07, 6.45) is 4.97. The van der Waals surface area contributed by atoms with E-state index in [0.717, 1.165) is 42.2 Å². The SMILES string of the molecule is NNC(Cc1ccccc1Cl)C1=CCCCO1. The third-order valence-corrected chi connectivity index (χ3v) is 3.26. The van der Waals surface area contributed by atoms with Crippen molar-refractivity contribution in [2.45, 2.75) is 25.3 Å². The van der Waals surface area contributed by atoms with E-state index in [1.165, 1.54) is 0 Å². The van der Waals surface area contributed by atoms with E-state index in [-0.39, 0.29) is 6.04 Å². The molecule has 1 heterocycles. The molecule has 0 aromatic heterocycles. The number of halogens is 1. The van der Waals surface area contributed by atoms with Crippen LogP contribution in [0.2, 0.25) is 5.02 Å². The normalized spacial score (nSPS) is 17.2. The van der Waals surface area contributed by atoms with Gasteiger partial charge in [0.15, 0.2) is 0 Å². The molecule has 4 heteroatoms. The zero-order valence-corrected chi connectivity index (χ0v) is 10.4. The smallest absolute Gasteiger partial charge is 0.111 e. The minimum atomic E-state index is -0.00444. The summed E-state index contributed by atoms with van der Waals surface area (Å²) >= 11 is 6.14. The first-order valence-corrected chi connectivity index (χ1v) is 6.21. The van der Waals surface area contributed by atoms with Gasteiger partial charge in [-0.15, -0.1) is 0 Å².